The van der Waals surface area contributed by atoms with Gasteiger partial charge in [-0.1, -0.05) is 24.6 Å². The highest BCUT2D eigenvalue weighted by atomic mass is 35.5. The Labute approximate surface area is 131 Å². The number of hydrogen-bond donors (Lipinski definition) is 1. The summed E-state index contributed by atoms with van der Waals surface area (Å²) in [6, 6.07) is 9.70. The van der Waals surface area contributed by atoms with Crippen LogP contribution in [0.1, 0.15) is 30.8 Å². The van der Waals surface area contributed by atoms with Crippen molar-refractivity contribution >= 4 is 11.6 Å². The van der Waals surface area contributed by atoms with Crippen LogP contribution in [-0.4, -0.2) is 11.0 Å². The molecule has 0 amide bonds. The van der Waals surface area contributed by atoms with Crippen LogP contribution >= 0.6 is 11.6 Å². The lowest BCUT2D eigenvalue weighted by molar-refractivity contribution is 0.472. The van der Waals surface area contributed by atoms with Gasteiger partial charge in [-0.3, -0.25) is 4.98 Å². The lowest BCUT2D eigenvalue weighted by Gasteiger charge is -2.12. The number of halogens is 1. The lowest BCUT2D eigenvalue weighted by Crippen LogP contribution is -2.17. The Morgan fingerprint density at radius 3 is 2.67 bits per heavy atom. The van der Waals surface area contributed by atoms with E-state index in [9.17, 15) is 0 Å². The summed E-state index contributed by atoms with van der Waals surface area (Å²) in [7, 11) is 0. The first-order valence-corrected chi connectivity index (χ1v) is 7.55. The molecule has 0 saturated heterocycles. The summed E-state index contributed by atoms with van der Waals surface area (Å²) in [5.74, 6) is 1.49. The van der Waals surface area contributed by atoms with Gasteiger partial charge in [0.15, 0.2) is 0 Å². The molecule has 0 aliphatic rings. The number of rotatable bonds is 5. The Hall–Kier alpha value is -1.58. The predicted octanol–water partition coefficient (Wildman–Crippen LogP) is 4.29. The molecule has 0 bridgehead atoms. The van der Waals surface area contributed by atoms with Gasteiger partial charge < -0.3 is 10.5 Å². The zero-order valence-electron chi connectivity index (χ0n) is 12.7. The Balaban J connectivity index is 2.22. The average Bonchev–Trinajstić information content (AvgIpc) is 2.43. The summed E-state index contributed by atoms with van der Waals surface area (Å²) < 4.78 is 5.92. The van der Waals surface area contributed by atoms with Gasteiger partial charge in [-0.2, -0.15) is 0 Å². The van der Waals surface area contributed by atoms with Crippen LogP contribution in [0.5, 0.6) is 11.5 Å². The zero-order chi connectivity index (χ0) is 15.4. The Morgan fingerprint density at radius 2 is 2.05 bits per heavy atom. The molecule has 1 aromatic heterocycles. The van der Waals surface area contributed by atoms with E-state index in [0.29, 0.717) is 10.8 Å². The van der Waals surface area contributed by atoms with Crippen LogP contribution in [0.3, 0.4) is 0 Å². The highest BCUT2D eigenvalue weighted by Crippen LogP contribution is 2.29. The second kappa shape index (κ2) is 6.92. The summed E-state index contributed by atoms with van der Waals surface area (Å²) in [5, 5.41) is 0.683. The molecule has 0 radical (unpaired) electrons. The van der Waals surface area contributed by atoms with Crippen molar-refractivity contribution in [3.05, 3.63) is 52.3 Å². The molecule has 0 fully saturated rings. The van der Waals surface area contributed by atoms with E-state index in [2.05, 4.69) is 11.9 Å². The van der Waals surface area contributed by atoms with Crippen LogP contribution in [0, 0.1) is 6.92 Å². The maximum absolute atomic E-state index is 6.29. The molecule has 0 saturated carbocycles. The fourth-order valence-electron chi connectivity index (χ4n) is 2.17. The number of hydrogen-bond acceptors (Lipinski definition) is 3. The van der Waals surface area contributed by atoms with Crippen LogP contribution in [0.25, 0.3) is 0 Å². The van der Waals surface area contributed by atoms with Gasteiger partial charge in [0.2, 0.25) is 0 Å². The molecule has 1 heterocycles. The molecule has 112 valence electrons. The van der Waals surface area contributed by atoms with Crippen molar-refractivity contribution in [1.29, 1.82) is 0 Å². The topological polar surface area (TPSA) is 48.1 Å². The third-order valence-electron chi connectivity index (χ3n) is 3.20. The fourth-order valence-corrected chi connectivity index (χ4v) is 2.42. The van der Waals surface area contributed by atoms with E-state index in [1.54, 1.807) is 0 Å². The van der Waals surface area contributed by atoms with Gasteiger partial charge in [-0.05, 0) is 56.5 Å². The molecule has 4 heteroatoms. The molecule has 0 spiro atoms. The largest absolute Gasteiger partial charge is 0.455 e. The molecule has 2 N–H and O–H groups in total. The molecule has 2 rings (SSSR count). The molecule has 0 aliphatic heterocycles. The van der Waals surface area contributed by atoms with Gasteiger partial charge >= 0.3 is 0 Å². The van der Waals surface area contributed by atoms with Crippen LogP contribution in [0.4, 0.5) is 0 Å². The Kier molecular flexibility index (Phi) is 5.21. The fraction of sp³-hybridized carbons (Fsp3) is 0.353. The third-order valence-corrected chi connectivity index (χ3v) is 3.55. The van der Waals surface area contributed by atoms with E-state index in [0.717, 1.165) is 35.5 Å². The van der Waals surface area contributed by atoms with E-state index in [-0.39, 0.29) is 6.04 Å². The molecule has 3 nitrogen and oxygen atoms in total. The van der Waals surface area contributed by atoms with Crippen molar-refractivity contribution in [2.75, 3.05) is 0 Å². The minimum Gasteiger partial charge on any atom is -0.455 e. The van der Waals surface area contributed by atoms with Gasteiger partial charge in [0, 0.05) is 16.8 Å². The van der Waals surface area contributed by atoms with Crippen molar-refractivity contribution in [2.45, 2.75) is 39.7 Å². The highest BCUT2D eigenvalue weighted by Gasteiger charge is 2.08. The summed E-state index contributed by atoms with van der Waals surface area (Å²) in [6.07, 6.45) is 1.58. The van der Waals surface area contributed by atoms with Crippen molar-refractivity contribution < 1.29 is 4.74 Å². The summed E-state index contributed by atoms with van der Waals surface area (Å²) in [5.41, 5.74) is 8.79. The number of ether oxygens (including phenoxy) is 1. The quantitative estimate of drug-likeness (QED) is 0.896. The van der Waals surface area contributed by atoms with Gasteiger partial charge in [0.1, 0.15) is 11.5 Å². The SMILES string of the molecule is CCc1nc(C)ccc1Oc1ccc(CC(C)N)c(Cl)c1. The highest BCUT2D eigenvalue weighted by molar-refractivity contribution is 6.31. The first-order chi connectivity index (χ1) is 9.99. The number of pyridine rings is 1. The molecule has 1 aromatic carbocycles. The number of aromatic nitrogens is 1. The minimum atomic E-state index is 0.0854. The maximum atomic E-state index is 6.29. The average molecular weight is 305 g/mol. The molecule has 1 atom stereocenters. The predicted molar refractivity (Wildman–Crippen MR) is 87.2 cm³/mol. The number of benzene rings is 1. The monoisotopic (exact) mass is 304 g/mol. The first kappa shape index (κ1) is 15.8. The number of nitrogens with two attached hydrogens (primary N) is 1. The number of nitrogens with zero attached hydrogens (tertiary/aromatic N) is 1. The molecule has 1 unspecified atom stereocenters. The smallest absolute Gasteiger partial charge is 0.148 e. The minimum absolute atomic E-state index is 0.0854. The summed E-state index contributed by atoms with van der Waals surface area (Å²) in [6.45, 7) is 6.00. The third kappa shape index (κ3) is 4.19. The molecule has 2 aromatic rings. The summed E-state index contributed by atoms with van der Waals surface area (Å²) >= 11 is 6.29. The van der Waals surface area contributed by atoms with Crippen LogP contribution in [0.15, 0.2) is 30.3 Å². The van der Waals surface area contributed by atoms with Crippen molar-refractivity contribution in [3.8, 4) is 11.5 Å². The van der Waals surface area contributed by atoms with E-state index >= 15 is 0 Å². The van der Waals surface area contributed by atoms with Gasteiger partial charge in [0.05, 0.1) is 5.69 Å². The van der Waals surface area contributed by atoms with E-state index < -0.39 is 0 Å². The van der Waals surface area contributed by atoms with Crippen molar-refractivity contribution in [3.63, 3.8) is 0 Å². The van der Waals surface area contributed by atoms with Gasteiger partial charge in [0.25, 0.3) is 0 Å². The lowest BCUT2D eigenvalue weighted by atomic mass is 10.1. The van der Waals surface area contributed by atoms with Crippen molar-refractivity contribution in [2.24, 2.45) is 5.73 Å². The van der Waals surface area contributed by atoms with Crippen LogP contribution in [-0.2, 0) is 12.8 Å². The van der Waals surface area contributed by atoms with E-state index in [4.69, 9.17) is 22.1 Å². The van der Waals surface area contributed by atoms with Crippen LogP contribution in [0.2, 0.25) is 5.02 Å². The Bertz CT molecular complexity index is 626. The van der Waals surface area contributed by atoms with Crippen molar-refractivity contribution in [1.82, 2.24) is 4.98 Å². The first-order valence-electron chi connectivity index (χ1n) is 7.18. The second-order valence-corrected chi connectivity index (χ2v) is 5.69. The van der Waals surface area contributed by atoms with Gasteiger partial charge in [-0.15, -0.1) is 0 Å². The second-order valence-electron chi connectivity index (χ2n) is 5.29. The van der Waals surface area contributed by atoms with Gasteiger partial charge in [-0.25, -0.2) is 0 Å². The normalized spacial score (nSPS) is 12.2. The Morgan fingerprint density at radius 1 is 1.29 bits per heavy atom. The standard InChI is InChI=1S/C17H21ClN2O/c1-4-16-17(8-5-12(3)20-16)21-14-7-6-13(9-11(2)19)15(18)10-14/h5-8,10-11H,4,9,19H2,1-3H3. The number of aryl methyl sites for hydroxylation is 2. The maximum Gasteiger partial charge on any atom is 0.148 e. The summed E-state index contributed by atoms with van der Waals surface area (Å²) in [4.78, 5) is 4.49. The van der Waals surface area contributed by atoms with E-state index in [1.165, 1.54) is 0 Å². The van der Waals surface area contributed by atoms with Crippen LogP contribution < -0.4 is 10.5 Å². The molecule has 21 heavy (non-hydrogen) atoms. The molecule has 0 aliphatic carbocycles. The molecular formula is C17H21ClN2O. The zero-order valence-corrected chi connectivity index (χ0v) is 13.4. The van der Waals surface area contributed by atoms with E-state index in [1.807, 2.05) is 44.2 Å². The molecular weight excluding hydrogens is 284 g/mol.